The third-order valence-corrected chi connectivity index (χ3v) is 14.4. The van der Waals surface area contributed by atoms with Gasteiger partial charge in [-0.05, 0) is 56.3 Å². The molecule has 5 fully saturated rings. The van der Waals surface area contributed by atoms with Crippen LogP contribution in [0.3, 0.4) is 0 Å². The molecule has 2 bridgehead atoms. The minimum absolute atomic E-state index is 0. The number of Topliss-reactive ketones (excluding diaryl/α,β-unsaturated/α-hetero) is 1. The summed E-state index contributed by atoms with van der Waals surface area (Å²) in [6, 6.07) is 0.0339. The molecular weight excluding hydrogens is 731 g/mol. The number of imidazole rings is 1. The number of rotatable bonds is 8. The van der Waals surface area contributed by atoms with E-state index in [4.69, 9.17) is 10.5 Å². The molecule has 0 aromatic carbocycles. The molecule has 7 rings (SSSR count). The van der Waals surface area contributed by atoms with Crippen LogP contribution in [0.5, 0.6) is 0 Å². The summed E-state index contributed by atoms with van der Waals surface area (Å²) in [5, 5.41) is 11.8. The number of amides is 1. The third-order valence-electron chi connectivity index (χ3n) is 14.4. The second kappa shape index (κ2) is 16.0. The number of hydrogen-bond acceptors (Lipinski definition) is 11. The highest BCUT2D eigenvalue weighted by molar-refractivity contribution is 5.86. The number of nitrogens with zero attached hydrogens (tertiary/aromatic N) is 7. The second-order valence-corrected chi connectivity index (χ2v) is 17.3. The number of carbonyl (C=O) groups is 3. The Morgan fingerprint density at radius 3 is 2.52 bits per heavy atom. The van der Waals surface area contributed by atoms with Gasteiger partial charge in [0.05, 0.1) is 19.0 Å². The number of piperazine rings is 1. The van der Waals surface area contributed by atoms with Crippen LogP contribution in [0.25, 0.3) is 11.2 Å². The van der Waals surface area contributed by atoms with Crippen LogP contribution in [-0.2, 0) is 25.7 Å². The van der Waals surface area contributed by atoms with Crippen molar-refractivity contribution in [2.75, 3.05) is 44.2 Å². The van der Waals surface area contributed by atoms with Gasteiger partial charge < -0.3 is 29.9 Å². The monoisotopic (exact) mass is 790 g/mol. The minimum atomic E-state index is -0.698. The predicted molar refractivity (Wildman–Crippen MR) is 211 cm³/mol. The van der Waals surface area contributed by atoms with E-state index in [1.807, 2.05) is 29.4 Å². The van der Waals surface area contributed by atoms with Gasteiger partial charge >= 0.3 is 5.97 Å². The van der Waals surface area contributed by atoms with Crippen LogP contribution < -0.4 is 10.6 Å². The number of ketones is 1. The van der Waals surface area contributed by atoms with Gasteiger partial charge in [-0.25, -0.2) is 15.0 Å². The number of carbonyl (C=O) groups excluding carboxylic acids is 3. The molecule has 300 valence electrons. The van der Waals surface area contributed by atoms with Gasteiger partial charge in [0.15, 0.2) is 17.0 Å². The van der Waals surface area contributed by atoms with Crippen molar-refractivity contribution < 1.29 is 24.2 Å². The molecule has 3 aliphatic carbocycles. The molecule has 10 atom stereocenters. The summed E-state index contributed by atoms with van der Waals surface area (Å²) in [5.41, 5.74) is 6.02. The van der Waals surface area contributed by atoms with Crippen LogP contribution >= 0.6 is 24.8 Å². The Morgan fingerprint density at radius 2 is 1.83 bits per heavy atom. The zero-order valence-electron chi connectivity index (χ0n) is 32.5. The molecule has 1 amide bonds. The number of aryl methyl sites for hydroxylation is 1. The zero-order valence-corrected chi connectivity index (χ0v) is 34.1. The van der Waals surface area contributed by atoms with Gasteiger partial charge in [0.1, 0.15) is 18.2 Å². The Kier molecular flexibility index (Phi) is 12.5. The first-order valence-corrected chi connectivity index (χ1v) is 19.4. The van der Waals surface area contributed by atoms with E-state index < -0.39 is 23.0 Å². The SMILES string of the molecule is C=C[C@]1(C)C[C@@H](OC(=O)CN2CCN(C(=O)CCn3cnc4c(N5CC[C@@H](N)C5)ncnc43)[C@@H](C)C2)[C@]2(C)[C@H](C)CC[C@]3(CCC(=O)[C@@H]32)[C@@H](C)[C@@H]1O.Cl.Cl. The maximum absolute atomic E-state index is 13.8. The van der Waals surface area contributed by atoms with Gasteiger partial charge in [0, 0.05) is 80.9 Å². The van der Waals surface area contributed by atoms with Crippen LogP contribution in [0.2, 0.25) is 0 Å². The molecule has 2 aromatic heterocycles. The highest BCUT2D eigenvalue weighted by atomic mass is 35.5. The van der Waals surface area contributed by atoms with Gasteiger partial charge in [-0.15, -0.1) is 31.4 Å². The summed E-state index contributed by atoms with van der Waals surface area (Å²) in [4.78, 5) is 60.7. The van der Waals surface area contributed by atoms with Crippen molar-refractivity contribution >= 4 is 59.5 Å². The van der Waals surface area contributed by atoms with Crippen LogP contribution in [-0.4, -0.2) is 116 Å². The van der Waals surface area contributed by atoms with Crippen LogP contribution in [0.4, 0.5) is 5.82 Å². The predicted octanol–water partition coefficient (Wildman–Crippen LogP) is 4.04. The molecule has 0 unspecified atom stereocenters. The Bertz CT molecular complexity index is 1730. The van der Waals surface area contributed by atoms with Crippen LogP contribution in [0.1, 0.15) is 79.6 Å². The molecule has 15 heteroatoms. The standard InChI is InChI=1S/C39H58N8O5.2ClH/c1-7-37(5)18-29(38(6)24(2)8-12-39(26(4)34(37)51)13-9-28(48)33(38)39)52-31(50)21-44-16-17-47(25(3)19-44)30(49)11-15-46-23-43-32-35(41-22-42-36(32)46)45-14-10-27(40)20-45;;/h7,22-27,29,33-34,51H,1,8-21,40H2,2-6H3;2*1H/t24-,25+,26+,27-,29-,33-,34+,37-,38+,39+;;/m1../s1. The van der Waals surface area contributed by atoms with E-state index in [2.05, 4.69) is 52.1 Å². The van der Waals surface area contributed by atoms with Crippen molar-refractivity contribution in [1.29, 1.82) is 0 Å². The smallest absolute Gasteiger partial charge is 0.320 e. The van der Waals surface area contributed by atoms with Gasteiger partial charge in [-0.1, -0.05) is 33.8 Å². The van der Waals surface area contributed by atoms with Crippen LogP contribution in [0.15, 0.2) is 25.3 Å². The summed E-state index contributed by atoms with van der Waals surface area (Å²) in [6.45, 7) is 18.4. The Labute approximate surface area is 331 Å². The fourth-order valence-corrected chi connectivity index (χ4v) is 11.0. The molecule has 2 saturated heterocycles. The summed E-state index contributed by atoms with van der Waals surface area (Å²) in [7, 11) is 0. The number of hydrogen-bond donors (Lipinski definition) is 2. The van der Waals surface area contributed by atoms with E-state index in [0.717, 1.165) is 50.1 Å². The largest absolute Gasteiger partial charge is 0.461 e. The zero-order chi connectivity index (χ0) is 37.2. The maximum Gasteiger partial charge on any atom is 0.320 e. The average molecular weight is 792 g/mol. The number of nitrogens with two attached hydrogens (primary N) is 1. The number of halogens is 2. The number of fused-ring (bicyclic) bond motifs is 1. The summed E-state index contributed by atoms with van der Waals surface area (Å²) in [6.07, 6.45) is 8.61. The fourth-order valence-electron chi connectivity index (χ4n) is 11.0. The van der Waals surface area contributed by atoms with Crippen molar-refractivity contribution in [1.82, 2.24) is 29.3 Å². The van der Waals surface area contributed by atoms with E-state index in [1.54, 1.807) is 12.7 Å². The normalized spacial score (nSPS) is 36.8. The van der Waals surface area contributed by atoms with Crippen LogP contribution in [0, 0.1) is 34.0 Å². The maximum atomic E-state index is 13.8. The van der Waals surface area contributed by atoms with Crippen molar-refractivity contribution in [3.05, 3.63) is 25.3 Å². The lowest BCUT2D eigenvalue weighted by atomic mass is 9.44. The minimum Gasteiger partial charge on any atom is -0.461 e. The van der Waals surface area contributed by atoms with E-state index in [1.165, 1.54) is 0 Å². The molecule has 2 aromatic rings. The number of esters is 1. The molecule has 2 aliphatic heterocycles. The fraction of sp³-hybridized carbons (Fsp3) is 0.744. The van der Waals surface area contributed by atoms with Gasteiger partial charge in [-0.2, -0.15) is 0 Å². The van der Waals surface area contributed by atoms with Crippen molar-refractivity contribution in [2.45, 2.75) is 110 Å². The summed E-state index contributed by atoms with van der Waals surface area (Å²) < 4.78 is 8.40. The first kappa shape index (κ1) is 42.3. The molecule has 3 saturated carbocycles. The molecule has 13 nitrogen and oxygen atoms in total. The summed E-state index contributed by atoms with van der Waals surface area (Å²) in [5.74, 6) is 0.598. The number of anilines is 1. The Balaban J connectivity index is 0.00000280. The van der Waals surface area contributed by atoms with E-state index >= 15 is 0 Å². The average Bonchev–Trinajstić information content (AvgIpc) is 3.84. The van der Waals surface area contributed by atoms with Gasteiger partial charge in [0.25, 0.3) is 0 Å². The molecule has 0 radical (unpaired) electrons. The topological polar surface area (TPSA) is 160 Å². The van der Waals surface area contributed by atoms with Crippen molar-refractivity contribution in [3.63, 3.8) is 0 Å². The number of aliphatic hydroxyl groups excluding tert-OH is 1. The lowest BCUT2D eigenvalue weighted by molar-refractivity contribution is -0.207. The molecule has 4 heterocycles. The first-order valence-electron chi connectivity index (χ1n) is 19.4. The van der Waals surface area contributed by atoms with Crippen molar-refractivity contribution in [3.8, 4) is 0 Å². The lowest BCUT2D eigenvalue weighted by Gasteiger charge is -2.61. The quantitative estimate of drug-likeness (QED) is 0.294. The number of aromatic nitrogens is 4. The number of ether oxygens (including phenoxy) is 1. The molecule has 3 N–H and O–H groups in total. The van der Waals surface area contributed by atoms with Gasteiger partial charge in [-0.3, -0.25) is 19.3 Å². The molecule has 0 spiro atoms. The molecular formula is C39H60Cl2N8O5. The first-order chi connectivity index (χ1) is 24.7. The number of aliphatic hydroxyl groups is 1. The molecule has 5 aliphatic rings. The lowest BCUT2D eigenvalue weighted by Crippen LogP contribution is -2.63. The Morgan fingerprint density at radius 1 is 1.07 bits per heavy atom. The van der Waals surface area contributed by atoms with E-state index in [-0.39, 0.29) is 84.3 Å². The van der Waals surface area contributed by atoms with Crippen molar-refractivity contribution in [2.24, 2.45) is 39.7 Å². The van der Waals surface area contributed by atoms with E-state index in [0.29, 0.717) is 51.1 Å². The third kappa shape index (κ3) is 7.05. The highest BCUT2D eigenvalue weighted by Crippen LogP contribution is 2.68. The second-order valence-electron chi connectivity index (χ2n) is 17.3. The summed E-state index contributed by atoms with van der Waals surface area (Å²) >= 11 is 0. The highest BCUT2D eigenvalue weighted by Gasteiger charge is 2.68. The Hall–Kier alpha value is -2.84. The van der Waals surface area contributed by atoms with E-state index in [9.17, 15) is 19.5 Å². The molecule has 54 heavy (non-hydrogen) atoms. The van der Waals surface area contributed by atoms with Gasteiger partial charge in [0.2, 0.25) is 5.91 Å².